The highest BCUT2D eigenvalue weighted by atomic mass is 32.1. The fourth-order valence-electron chi connectivity index (χ4n) is 1.23. The van der Waals surface area contributed by atoms with Crippen LogP contribution in [0.15, 0.2) is 11.6 Å². The van der Waals surface area contributed by atoms with Crippen molar-refractivity contribution in [1.82, 2.24) is 4.98 Å². The van der Waals surface area contributed by atoms with Gasteiger partial charge in [0.25, 0.3) is 0 Å². The van der Waals surface area contributed by atoms with Crippen molar-refractivity contribution in [2.45, 2.75) is 0 Å². The molecule has 0 unspecified atom stereocenters. The summed E-state index contributed by atoms with van der Waals surface area (Å²) in [5, 5.41) is 3.25. The molecule has 0 amide bonds. The van der Waals surface area contributed by atoms with Crippen LogP contribution in [0.3, 0.4) is 0 Å². The maximum Gasteiger partial charge on any atom is 0.185 e. The molecular formula is C7H11N2PS. The molecule has 11 heavy (non-hydrogen) atoms. The predicted molar refractivity (Wildman–Crippen MR) is 52.4 cm³/mol. The summed E-state index contributed by atoms with van der Waals surface area (Å²) in [5.74, 6) is 0. The van der Waals surface area contributed by atoms with E-state index in [1.54, 1.807) is 11.3 Å². The lowest BCUT2D eigenvalue weighted by molar-refractivity contribution is 0.847. The third kappa shape index (κ3) is 1.71. The Balaban J connectivity index is 2.04. The van der Waals surface area contributed by atoms with E-state index in [-0.39, 0.29) is 0 Å². The lowest BCUT2D eigenvalue weighted by atomic mass is 10.5. The third-order valence-electron chi connectivity index (χ3n) is 1.81. The summed E-state index contributed by atoms with van der Waals surface area (Å²) in [6, 6.07) is 0. The first-order valence-corrected chi connectivity index (χ1v) is 6.11. The van der Waals surface area contributed by atoms with Crippen LogP contribution in [0.2, 0.25) is 0 Å². The second-order valence-electron chi connectivity index (χ2n) is 2.55. The largest absolute Gasteiger partial charge is 0.347 e. The Kier molecular flexibility index (Phi) is 2.39. The van der Waals surface area contributed by atoms with Crippen LogP contribution in [0.5, 0.6) is 0 Å². The van der Waals surface area contributed by atoms with Crippen LogP contribution in [0.1, 0.15) is 0 Å². The number of hydrogen-bond acceptors (Lipinski definition) is 3. The lowest BCUT2D eigenvalue weighted by Gasteiger charge is -2.25. The summed E-state index contributed by atoms with van der Waals surface area (Å²) >= 11 is 1.75. The van der Waals surface area contributed by atoms with Gasteiger partial charge >= 0.3 is 0 Å². The highest BCUT2D eigenvalue weighted by molar-refractivity contribution is 7.38. The SMILES string of the molecule is c1csc(N2CCPCC2)n1. The van der Waals surface area contributed by atoms with E-state index in [2.05, 4.69) is 9.88 Å². The van der Waals surface area contributed by atoms with Crippen LogP contribution in [0, 0.1) is 0 Å². The van der Waals surface area contributed by atoms with Gasteiger partial charge in [-0.25, -0.2) is 4.98 Å². The van der Waals surface area contributed by atoms with Crippen molar-refractivity contribution in [3.8, 4) is 0 Å². The number of aromatic nitrogens is 1. The second-order valence-corrected chi connectivity index (χ2v) is 4.92. The smallest absolute Gasteiger partial charge is 0.185 e. The topological polar surface area (TPSA) is 16.1 Å². The van der Waals surface area contributed by atoms with Gasteiger partial charge in [-0.2, -0.15) is 0 Å². The van der Waals surface area contributed by atoms with E-state index in [0.29, 0.717) is 0 Å². The average Bonchev–Trinajstić information content (AvgIpc) is 2.58. The molecule has 1 aliphatic heterocycles. The number of thiazole rings is 1. The van der Waals surface area contributed by atoms with Crippen molar-refractivity contribution in [2.24, 2.45) is 0 Å². The molecule has 0 atom stereocenters. The van der Waals surface area contributed by atoms with Crippen LogP contribution in [-0.2, 0) is 0 Å². The van der Waals surface area contributed by atoms with Crippen molar-refractivity contribution in [3.63, 3.8) is 0 Å². The molecule has 1 aromatic heterocycles. The highest BCUT2D eigenvalue weighted by Gasteiger charge is 2.11. The minimum atomic E-state index is 1.18. The zero-order valence-electron chi connectivity index (χ0n) is 6.29. The number of hydrogen-bond donors (Lipinski definition) is 0. The van der Waals surface area contributed by atoms with E-state index in [1.807, 2.05) is 11.6 Å². The van der Waals surface area contributed by atoms with Gasteiger partial charge in [-0.15, -0.1) is 19.9 Å². The summed E-state index contributed by atoms with van der Waals surface area (Å²) in [6.07, 6.45) is 4.61. The van der Waals surface area contributed by atoms with Gasteiger partial charge in [0.2, 0.25) is 0 Å². The van der Waals surface area contributed by atoms with E-state index >= 15 is 0 Å². The van der Waals surface area contributed by atoms with Crippen LogP contribution in [0.4, 0.5) is 5.13 Å². The molecule has 0 N–H and O–H groups in total. The second kappa shape index (κ2) is 3.51. The zero-order chi connectivity index (χ0) is 7.52. The molecule has 1 fully saturated rings. The fraction of sp³-hybridized carbons (Fsp3) is 0.571. The average molecular weight is 186 g/mol. The van der Waals surface area contributed by atoms with Crippen LogP contribution in [0.25, 0.3) is 0 Å². The molecule has 2 nitrogen and oxygen atoms in total. The summed E-state index contributed by atoms with van der Waals surface area (Å²) in [4.78, 5) is 6.68. The van der Waals surface area contributed by atoms with Crippen molar-refractivity contribution >= 4 is 25.0 Å². The van der Waals surface area contributed by atoms with Gasteiger partial charge in [0.1, 0.15) is 0 Å². The minimum absolute atomic E-state index is 1.18. The van der Waals surface area contributed by atoms with Gasteiger partial charge in [0.05, 0.1) is 0 Å². The van der Waals surface area contributed by atoms with E-state index in [9.17, 15) is 0 Å². The quantitative estimate of drug-likeness (QED) is 0.620. The minimum Gasteiger partial charge on any atom is -0.347 e. The first-order chi connectivity index (χ1) is 5.47. The first kappa shape index (κ1) is 7.51. The molecule has 1 aromatic rings. The standard InChI is InChI=1S/C7H11N2PS/c1-6-11-7(8-1)9-2-4-10-5-3-9/h1,6,10H,2-5H2. The van der Waals surface area contributed by atoms with Gasteiger partial charge in [0, 0.05) is 24.7 Å². The first-order valence-electron chi connectivity index (χ1n) is 3.82. The van der Waals surface area contributed by atoms with Crippen molar-refractivity contribution in [1.29, 1.82) is 0 Å². The molecule has 0 aromatic carbocycles. The van der Waals surface area contributed by atoms with E-state index < -0.39 is 0 Å². The maximum atomic E-state index is 4.29. The Morgan fingerprint density at radius 1 is 1.45 bits per heavy atom. The molecular weight excluding hydrogens is 175 g/mol. The molecule has 0 radical (unpaired) electrons. The predicted octanol–water partition coefficient (Wildman–Crippen LogP) is 1.64. The van der Waals surface area contributed by atoms with Gasteiger partial charge in [-0.3, -0.25) is 0 Å². The molecule has 0 bridgehead atoms. The summed E-state index contributed by atoms with van der Waals surface area (Å²) in [7, 11) is 1.18. The molecule has 0 spiro atoms. The molecule has 2 rings (SSSR count). The highest BCUT2D eigenvalue weighted by Crippen LogP contribution is 2.23. The number of nitrogens with zero attached hydrogens (tertiary/aromatic N) is 2. The van der Waals surface area contributed by atoms with Crippen LogP contribution < -0.4 is 4.90 Å². The lowest BCUT2D eigenvalue weighted by Crippen LogP contribution is -2.31. The number of anilines is 1. The number of rotatable bonds is 1. The van der Waals surface area contributed by atoms with Crippen molar-refractivity contribution in [3.05, 3.63) is 11.6 Å². The fourth-order valence-corrected chi connectivity index (χ4v) is 3.03. The maximum absolute atomic E-state index is 4.29. The van der Waals surface area contributed by atoms with E-state index in [1.165, 1.54) is 39.1 Å². The Labute approximate surface area is 72.4 Å². The van der Waals surface area contributed by atoms with E-state index in [0.717, 1.165) is 0 Å². The zero-order valence-corrected chi connectivity index (χ0v) is 8.10. The Bertz CT molecular complexity index is 206. The molecule has 2 heterocycles. The van der Waals surface area contributed by atoms with Gasteiger partial charge in [-0.1, -0.05) is 0 Å². The third-order valence-corrected chi connectivity index (χ3v) is 3.79. The van der Waals surface area contributed by atoms with E-state index in [4.69, 9.17) is 0 Å². The van der Waals surface area contributed by atoms with Crippen LogP contribution >= 0.6 is 19.9 Å². The van der Waals surface area contributed by atoms with Gasteiger partial charge in [0.15, 0.2) is 5.13 Å². The molecule has 4 heteroatoms. The molecule has 1 aliphatic rings. The van der Waals surface area contributed by atoms with Gasteiger partial charge in [-0.05, 0) is 12.3 Å². The summed E-state index contributed by atoms with van der Waals surface area (Å²) in [6.45, 7) is 2.43. The molecule has 0 saturated carbocycles. The summed E-state index contributed by atoms with van der Waals surface area (Å²) < 4.78 is 0. The van der Waals surface area contributed by atoms with Crippen molar-refractivity contribution in [2.75, 3.05) is 30.3 Å². The van der Waals surface area contributed by atoms with Crippen LogP contribution in [-0.4, -0.2) is 30.4 Å². The van der Waals surface area contributed by atoms with Crippen molar-refractivity contribution < 1.29 is 0 Å². The summed E-state index contributed by atoms with van der Waals surface area (Å²) in [5.41, 5.74) is 0. The molecule has 60 valence electrons. The monoisotopic (exact) mass is 186 g/mol. The molecule has 1 saturated heterocycles. The Morgan fingerprint density at radius 2 is 2.27 bits per heavy atom. The normalized spacial score (nSPS) is 18.7. The Hall–Kier alpha value is -0.140. The molecule has 0 aliphatic carbocycles. The van der Waals surface area contributed by atoms with Gasteiger partial charge < -0.3 is 4.90 Å². The Morgan fingerprint density at radius 3 is 2.91 bits per heavy atom.